The highest BCUT2D eigenvalue weighted by Crippen LogP contribution is 2.20. The van der Waals surface area contributed by atoms with E-state index in [1.54, 1.807) is 4.90 Å². The van der Waals surface area contributed by atoms with Crippen LogP contribution in [0.4, 0.5) is 0 Å². The van der Waals surface area contributed by atoms with Crippen LogP contribution in [0.25, 0.3) is 0 Å². The van der Waals surface area contributed by atoms with E-state index in [-0.39, 0.29) is 24.2 Å². The molecule has 6 heteroatoms. The lowest BCUT2D eigenvalue weighted by atomic mass is 10.1. The van der Waals surface area contributed by atoms with Gasteiger partial charge in [0.25, 0.3) is 0 Å². The molecule has 1 aliphatic heterocycles. The Morgan fingerprint density at radius 3 is 2.65 bits per heavy atom. The van der Waals surface area contributed by atoms with Gasteiger partial charge in [0.15, 0.2) is 0 Å². The molecule has 1 aliphatic rings. The quantitative estimate of drug-likeness (QED) is 0.651. The summed E-state index contributed by atoms with van der Waals surface area (Å²) in [6.45, 7) is 3.41. The average molecular weight is 284 g/mol. The van der Waals surface area contributed by atoms with Gasteiger partial charge in [-0.3, -0.25) is 14.4 Å². The predicted octanol–water partition coefficient (Wildman–Crippen LogP) is 1.01. The smallest absolute Gasteiger partial charge is 0.303 e. The van der Waals surface area contributed by atoms with Crippen molar-refractivity contribution in [1.82, 2.24) is 10.2 Å². The Morgan fingerprint density at radius 2 is 2.00 bits per heavy atom. The Hall–Kier alpha value is -1.59. The van der Waals surface area contributed by atoms with Crippen molar-refractivity contribution in [3.8, 4) is 0 Å². The predicted molar refractivity (Wildman–Crippen MR) is 74.1 cm³/mol. The van der Waals surface area contributed by atoms with Gasteiger partial charge in [0.05, 0.1) is 0 Å². The summed E-state index contributed by atoms with van der Waals surface area (Å²) in [4.78, 5) is 35.0. The maximum atomic E-state index is 11.9. The highest BCUT2D eigenvalue weighted by atomic mass is 16.4. The SMILES string of the molecule is CC(=O)NCCCCCC(=O)N1CCC(CC(=O)O)C1. The van der Waals surface area contributed by atoms with Crippen molar-refractivity contribution in [2.24, 2.45) is 5.92 Å². The van der Waals surface area contributed by atoms with E-state index in [2.05, 4.69) is 5.32 Å². The minimum Gasteiger partial charge on any atom is -0.481 e. The molecule has 0 aliphatic carbocycles. The molecule has 0 aromatic rings. The molecule has 0 saturated carbocycles. The fourth-order valence-electron chi connectivity index (χ4n) is 2.47. The number of carboxylic acids is 1. The third-order valence-electron chi connectivity index (χ3n) is 3.54. The largest absolute Gasteiger partial charge is 0.481 e. The Morgan fingerprint density at radius 1 is 1.25 bits per heavy atom. The van der Waals surface area contributed by atoms with Gasteiger partial charge >= 0.3 is 5.97 Å². The number of carbonyl (C=O) groups is 3. The number of carbonyl (C=O) groups excluding carboxylic acids is 2. The lowest BCUT2D eigenvalue weighted by Gasteiger charge is -2.16. The van der Waals surface area contributed by atoms with Gasteiger partial charge in [0.1, 0.15) is 0 Å². The van der Waals surface area contributed by atoms with Crippen LogP contribution in [0.1, 0.15) is 45.4 Å². The monoisotopic (exact) mass is 284 g/mol. The van der Waals surface area contributed by atoms with Crippen molar-refractivity contribution in [2.75, 3.05) is 19.6 Å². The molecule has 114 valence electrons. The first-order valence-corrected chi connectivity index (χ1v) is 7.23. The minimum absolute atomic E-state index is 0.0254. The number of nitrogens with zero attached hydrogens (tertiary/aromatic N) is 1. The Labute approximate surface area is 119 Å². The third-order valence-corrected chi connectivity index (χ3v) is 3.54. The second kappa shape index (κ2) is 8.55. The van der Waals surface area contributed by atoms with Crippen LogP contribution in [0, 0.1) is 5.92 Å². The standard InChI is InChI=1S/C14H24N2O4/c1-11(17)15-7-4-2-3-5-13(18)16-8-6-12(10-16)9-14(19)20/h12H,2-10H2,1H3,(H,15,17)(H,19,20). The molecule has 0 bridgehead atoms. The van der Waals surface area contributed by atoms with Crippen molar-refractivity contribution < 1.29 is 19.5 Å². The molecule has 1 unspecified atom stereocenters. The summed E-state index contributed by atoms with van der Waals surface area (Å²) in [5.41, 5.74) is 0. The summed E-state index contributed by atoms with van der Waals surface area (Å²) in [5.74, 6) is -0.585. The molecule has 1 saturated heterocycles. The van der Waals surface area contributed by atoms with E-state index in [4.69, 9.17) is 5.11 Å². The Kier molecular flexibility index (Phi) is 7.04. The van der Waals surface area contributed by atoms with Gasteiger partial charge in [-0.05, 0) is 25.2 Å². The summed E-state index contributed by atoms with van der Waals surface area (Å²) in [5, 5.41) is 11.5. The molecule has 2 N–H and O–H groups in total. The first-order chi connectivity index (χ1) is 9.49. The van der Waals surface area contributed by atoms with E-state index in [0.717, 1.165) is 25.7 Å². The molecule has 0 radical (unpaired) electrons. The van der Waals surface area contributed by atoms with Crippen molar-refractivity contribution in [3.05, 3.63) is 0 Å². The molecule has 2 amide bonds. The van der Waals surface area contributed by atoms with Crippen LogP contribution in [-0.4, -0.2) is 47.4 Å². The van der Waals surface area contributed by atoms with Crippen molar-refractivity contribution in [1.29, 1.82) is 0 Å². The van der Waals surface area contributed by atoms with Gasteiger partial charge in [-0.2, -0.15) is 0 Å². The summed E-state index contributed by atoms with van der Waals surface area (Å²) in [7, 11) is 0. The number of hydrogen-bond donors (Lipinski definition) is 2. The number of hydrogen-bond acceptors (Lipinski definition) is 3. The van der Waals surface area contributed by atoms with Crippen LogP contribution in [0.3, 0.4) is 0 Å². The summed E-state index contributed by atoms with van der Waals surface area (Å²) < 4.78 is 0. The lowest BCUT2D eigenvalue weighted by Crippen LogP contribution is -2.28. The number of carboxylic acid groups (broad SMARTS) is 1. The van der Waals surface area contributed by atoms with E-state index >= 15 is 0 Å². The van der Waals surface area contributed by atoms with Crippen molar-refractivity contribution in [3.63, 3.8) is 0 Å². The lowest BCUT2D eigenvalue weighted by molar-refractivity contribution is -0.138. The maximum absolute atomic E-state index is 11.9. The number of amides is 2. The van der Waals surface area contributed by atoms with Crippen LogP contribution in [-0.2, 0) is 14.4 Å². The Bertz CT molecular complexity index is 357. The molecule has 0 spiro atoms. The van der Waals surface area contributed by atoms with Crippen LogP contribution < -0.4 is 5.32 Å². The van der Waals surface area contributed by atoms with Gasteiger partial charge in [-0.1, -0.05) is 6.42 Å². The second-order valence-electron chi connectivity index (χ2n) is 5.39. The number of likely N-dealkylation sites (tertiary alicyclic amines) is 1. The fraction of sp³-hybridized carbons (Fsp3) is 0.786. The number of nitrogens with one attached hydrogen (secondary N) is 1. The fourth-order valence-corrected chi connectivity index (χ4v) is 2.47. The molecule has 20 heavy (non-hydrogen) atoms. The molecule has 1 rings (SSSR count). The zero-order chi connectivity index (χ0) is 15.0. The topological polar surface area (TPSA) is 86.7 Å². The maximum Gasteiger partial charge on any atom is 0.303 e. The van der Waals surface area contributed by atoms with E-state index in [1.165, 1.54) is 6.92 Å². The van der Waals surface area contributed by atoms with Gasteiger partial charge < -0.3 is 15.3 Å². The van der Waals surface area contributed by atoms with Gasteiger partial charge in [-0.25, -0.2) is 0 Å². The molecule has 0 aromatic heterocycles. The summed E-state index contributed by atoms with van der Waals surface area (Å²) >= 11 is 0. The first-order valence-electron chi connectivity index (χ1n) is 7.23. The van der Waals surface area contributed by atoms with Crippen LogP contribution >= 0.6 is 0 Å². The van der Waals surface area contributed by atoms with Crippen molar-refractivity contribution in [2.45, 2.75) is 45.4 Å². The van der Waals surface area contributed by atoms with Crippen LogP contribution in [0.15, 0.2) is 0 Å². The van der Waals surface area contributed by atoms with E-state index in [1.807, 2.05) is 0 Å². The average Bonchev–Trinajstić information content (AvgIpc) is 2.80. The number of rotatable bonds is 8. The molecule has 1 fully saturated rings. The molecular weight excluding hydrogens is 260 g/mol. The summed E-state index contributed by atoms with van der Waals surface area (Å²) in [6.07, 6.45) is 4.08. The minimum atomic E-state index is -0.790. The second-order valence-corrected chi connectivity index (χ2v) is 5.39. The first kappa shape index (κ1) is 16.5. The number of unbranched alkanes of at least 4 members (excludes halogenated alkanes) is 2. The van der Waals surface area contributed by atoms with Gasteiger partial charge in [0.2, 0.25) is 11.8 Å². The van der Waals surface area contributed by atoms with E-state index in [9.17, 15) is 14.4 Å². The zero-order valence-corrected chi connectivity index (χ0v) is 12.1. The molecule has 6 nitrogen and oxygen atoms in total. The molecule has 1 atom stereocenters. The zero-order valence-electron chi connectivity index (χ0n) is 12.1. The Balaban J connectivity index is 2.08. The normalized spacial score (nSPS) is 18.1. The summed E-state index contributed by atoms with van der Waals surface area (Å²) in [6, 6.07) is 0. The van der Waals surface area contributed by atoms with Crippen LogP contribution in [0.5, 0.6) is 0 Å². The van der Waals surface area contributed by atoms with Crippen LogP contribution in [0.2, 0.25) is 0 Å². The molecular formula is C14H24N2O4. The highest BCUT2D eigenvalue weighted by molar-refractivity contribution is 5.76. The molecule has 1 heterocycles. The molecule has 0 aromatic carbocycles. The van der Waals surface area contributed by atoms with Crippen molar-refractivity contribution >= 4 is 17.8 Å². The third kappa shape index (κ3) is 6.54. The van der Waals surface area contributed by atoms with E-state index < -0.39 is 5.97 Å². The van der Waals surface area contributed by atoms with Gasteiger partial charge in [0, 0.05) is 39.4 Å². The van der Waals surface area contributed by atoms with Gasteiger partial charge in [-0.15, -0.1) is 0 Å². The van der Waals surface area contributed by atoms with E-state index in [0.29, 0.717) is 26.1 Å². The highest BCUT2D eigenvalue weighted by Gasteiger charge is 2.27. The number of aliphatic carboxylic acids is 1.